The van der Waals surface area contributed by atoms with Crippen molar-refractivity contribution in [2.24, 2.45) is 0 Å². The van der Waals surface area contributed by atoms with Gasteiger partial charge in [0.1, 0.15) is 12.3 Å². The molecule has 0 radical (unpaired) electrons. The molecule has 0 aliphatic rings. The fourth-order valence-corrected chi connectivity index (χ4v) is 2.05. The number of carbonyl (C=O) groups is 1. The van der Waals surface area contributed by atoms with E-state index in [9.17, 15) is 4.79 Å². The van der Waals surface area contributed by atoms with E-state index in [0.29, 0.717) is 18.0 Å². The summed E-state index contributed by atoms with van der Waals surface area (Å²) in [4.78, 5) is 13.4. The first-order valence-electron chi connectivity index (χ1n) is 6.90. The zero-order valence-corrected chi connectivity index (χ0v) is 12.6. The van der Waals surface area contributed by atoms with Crippen molar-refractivity contribution in [3.05, 3.63) is 48.4 Å². The van der Waals surface area contributed by atoms with E-state index in [1.54, 1.807) is 13.4 Å². The Balaban J connectivity index is 1.98. The van der Waals surface area contributed by atoms with Crippen LogP contribution in [0.25, 0.3) is 0 Å². The molecule has 1 aromatic carbocycles. The van der Waals surface area contributed by atoms with Gasteiger partial charge in [-0.3, -0.25) is 4.79 Å². The highest BCUT2D eigenvalue weighted by molar-refractivity contribution is 5.94. The maximum atomic E-state index is 12.3. The Morgan fingerprint density at radius 1 is 1.33 bits per heavy atom. The first-order valence-corrected chi connectivity index (χ1v) is 6.90. The number of rotatable bonds is 6. The molecule has 5 nitrogen and oxygen atoms in total. The second-order valence-electron chi connectivity index (χ2n) is 5.01. The number of para-hydroxylation sites is 2. The highest BCUT2D eigenvalue weighted by Gasteiger charge is 2.23. The summed E-state index contributed by atoms with van der Waals surface area (Å²) in [6.07, 6.45) is 1.64. The molecule has 2 rings (SSSR count). The Hall–Kier alpha value is -2.27. The average molecular weight is 289 g/mol. The molecule has 5 heteroatoms. The van der Waals surface area contributed by atoms with Gasteiger partial charge in [0.15, 0.2) is 11.8 Å². The smallest absolute Gasteiger partial charge is 0.282 e. The van der Waals surface area contributed by atoms with Gasteiger partial charge in [0.05, 0.1) is 26.1 Å². The van der Waals surface area contributed by atoms with Crippen molar-refractivity contribution in [1.82, 2.24) is 0 Å². The molecule has 0 fully saturated rings. The third kappa shape index (κ3) is 3.86. The van der Waals surface area contributed by atoms with Crippen LogP contribution in [-0.2, 0) is 11.3 Å². The minimum Gasteiger partial charge on any atom is -0.495 e. The maximum absolute atomic E-state index is 12.3. The fraction of sp³-hybridized carbons (Fsp3) is 0.312. The SMILES string of the molecule is COc1ccccc1NC(=O)[C@@H](C)[NH+](C)Cc1ccco1. The Bertz CT molecular complexity index is 581. The quantitative estimate of drug-likeness (QED) is 0.843. The minimum atomic E-state index is -0.208. The van der Waals surface area contributed by atoms with Crippen molar-refractivity contribution in [1.29, 1.82) is 0 Å². The normalized spacial score (nSPS) is 13.5. The number of furan rings is 1. The summed E-state index contributed by atoms with van der Waals surface area (Å²) in [5, 5.41) is 2.91. The van der Waals surface area contributed by atoms with Gasteiger partial charge in [-0.1, -0.05) is 12.1 Å². The number of anilines is 1. The topological polar surface area (TPSA) is 55.9 Å². The van der Waals surface area contributed by atoms with Gasteiger partial charge in [0.2, 0.25) is 0 Å². The van der Waals surface area contributed by atoms with Crippen molar-refractivity contribution in [3.8, 4) is 5.75 Å². The number of benzene rings is 1. The first-order chi connectivity index (χ1) is 10.1. The molecule has 112 valence electrons. The predicted molar refractivity (Wildman–Crippen MR) is 80.4 cm³/mol. The van der Waals surface area contributed by atoms with Crippen LogP contribution in [0.2, 0.25) is 0 Å². The lowest BCUT2D eigenvalue weighted by molar-refractivity contribution is -0.908. The Morgan fingerprint density at radius 3 is 2.76 bits per heavy atom. The summed E-state index contributed by atoms with van der Waals surface area (Å²) in [5.74, 6) is 1.47. The number of hydrogen-bond acceptors (Lipinski definition) is 3. The van der Waals surface area contributed by atoms with Gasteiger partial charge in [-0.05, 0) is 31.2 Å². The highest BCUT2D eigenvalue weighted by atomic mass is 16.5. The van der Waals surface area contributed by atoms with Gasteiger partial charge < -0.3 is 19.4 Å². The largest absolute Gasteiger partial charge is 0.495 e. The number of amides is 1. The zero-order valence-electron chi connectivity index (χ0n) is 12.6. The van der Waals surface area contributed by atoms with E-state index in [1.807, 2.05) is 50.4 Å². The van der Waals surface area contributed by atoms with Crippen molar-refractivity contribution in [2.75, 3.05) is 19.5 Å². The van der Waals surface area contributed by atoms with Crippen LogP contribution in [0.1, 0.15) is 12.7 Å². The fourth-order valence-electron chi connectivity index (χ4n) is 2.05. The number of nitrogens with one attached hydrogen (secondary N) is 2. The number of ether oxygens (including phenoxy) is 1. The van der Waals surface area contributed by atoms with E-state index in [0.717, 1.165) is 10.7 Å². The summed E-state index contributed by atoms with van der Waals surface area (Å²) < 4.78 is 10.6. The number of hydrogen-bond donors (Lipinski definition) is 2. The summed E-state index contributed by atoms with van der Waals surface area (Å²) in [6, 6.07) is 10.9. The molecule has 1 heterocycles. The van der Waals surface area contributed by atoms with E-state index in [-0.39, 0.29) is 11.9 Å². The summed E-state index contributed by atoms with van der Waals surface area (Å²) in [7, 11) is 3.55. The average Bonchev–Trinajstić information content (AvgIpc) is 2.99. The molecule has 0 spiro atoms. The second-order valence-corrected chi connectivity index (χ2v) is 5.01. The minimum absolute atomic E-state index is 0.0523. The van der Waals surface area contributed by atoms with Crippen LogP contribution in [0.4, 0.5) is 5.69 Å². The number of methoxy groups -OCH3 is 1. The lowest BCUT2D eigenvalue weighted by Gasteiger charge is -2.20. The highest BCUT2D eigenvalue weighted by Crippen LogP contribution is 2.22. The van der Waals surface area contributed by atoms with Crippen LogP contribution in [0.3, 0.4) is 0 Å². The van der Waals surface area contributed by atoms with Gasteiger partial charge in [0, 0.05) is 0 Å². The zero-order chi connectivity index (χ0) is 15.2. The van der Waals surface area contributed by atoms with Gasteiger partial charge in [0.25, 0.3) is 5.91 Å². The Kier molecular flexibility index (Phi) is 5.00. The summed E-state index contributed by atoms with van der Waals surface area (Å²) >= 11 is 0. The van der Waals surface area contributed by atoms with Gasteiger partial charge in [-0.25, -0.2) is 0 Å². The molecule has 1 aromatic heterocycles. The lowest BCUT2D eigenvalue weighted by Crippen LogP contribution is -3.12. The van der Waals surface area contributed by atoms with Crippen LogP contribution < -0.4 is 15.0 Å². The second kappa shape index (κ2) is 6.95. The molecule has 0 saturated carbocycles. The third-order valence-electron chi connectivity index (χ3n) is 3.53. The van der Waals surface area contributed by atoms with Crippen molar-refractivity contribution in [2.45, 2.75) is 19.5 Å². The molecule has 2 aromatic rings. The summed E-state index contributed by atoms with van der Waals surface area (Å²) in [5.41, 5.74) is 0.683. The van der Waals surface area contributed by atoms with Gasteiger partial charge in [-0.2, -0.15) is 0 Å². The standard InChI is InChI=1S/C16H20N2O3/c1-12(18(2)11-13-7-6-10-21-13)16(19)17-14-8-4-5-9-15(14)20-3/h4-10,12H,11H2,1-3H3,(H,17,19)/p+1/t12-/m1/s1. The monoisotopic (exact) mass is 289 g/mol. The molecule has 0 aliphatic heterocycles. The van der Waals surface area contributed by atoms with Crippen molar-refractivity contribution in [3.63, 3.8) is 0 Å². The van der Waals surface area contributed by atoms with E-state index < -0.39 is 0 Å². The molecule has 0 aliphatic carbocycles. The van der Waals surface area contributed by atoms with E-state index in [4.69, 9.17) is 9.15 Å². The van der Waals surface area contributed by atoms with E-state index in [1.165, 1.54) is 0 Å². The van der Waals surface area contributed by atoms with Crippen LogP contribution >= 0.6 is 0 Å². The van der Waals surface area contributed by atoms with E-state index in [2.05, 4.69) is 5.32 Å². The van der Waals surface area contributed by atoms with Crippen LogP contribution in [-0.4, -0.2) is 26.1 Å². The molecular weight excluding hydrogens is 268 g/mol. The van der Waals surface area contributed by atoms with Crippen molar-refractivity contribution < 1.29 is 18.8 Å². The summed E-state index contributed by atoms with van der Waals surface area (Å²) in [6.45, 7) is 2.55. The van der Waals surface area contributed by atoms with Crippen molar-refractivity contribution >= 4 is 11.6 Å². The van der Waals surface area contributed by atoms with Gasteiger partial charge in [-0.15, -0.1) is 0 Å². The maximum Gasteiger partial charge on any atom is 0.282 e. The molecule has 1 unspecified atom stereocenters. The first kappa shape index (κ1) is 15.1. The van der Waals surface area contributed by atoms with Gasteiger partial charge >= 0.3 is 0 Å². The Morgan fingerprint density at radius 2 is 2.10 bits per heavy atom. The predicted octanol–water partition coefficient (Wildman–Crippen LogP) is 1.33. The van der Waals surface area contributed by atoms with Crippen LogP contribution in [0.15, 0.2) is 47.1 Å². The van der Waals surface area contributed by atoms with Crippen LogP contribution in [0, 0.1) is 0 Å². The molecule has 2 atom stereocenters. The molecule has 0 saturated heterocycles. The van der Waals surface area contributed by atoms with E-state index >= 15 is 0 Å². The molecule has 0 bridgehead atoms. The third-order valence-corrected chi connectivity index (χ3v) is 3.53. The molecular formula is C16H21N2O3+. The number of quaternary nitrogens is 1. The number of carbonyl (C=O) groups excluding carboxylic acids is 1. The van der Waals surface area contributed by atoms with Crippen LogP contribution in [0.5, 0.6) is 5.75 Å². The Labute approximate surface area is 124 Å². The molecule has 1 amide bonds. The lowest BCUT2D eigenvalue weighted by atomic mass is 10.2. The molecule has 21 heavy (non-hydrogen) atoms. The number of likely N-dealkylation sites (N-methyl/N-ethyl adjacent to an activating group) is 1. The molecule has 2 N–H and O–H groups in total.